The summed E-state index contributed by atoms with van der Waals surface area (Å²) in [5, 5.41) is 11.7. The van der Waals surface area contributed by atoms with Crippen molar-refractivity contribution in [1.29, 1.82) is 0 Å². The van der Waals surface area contributed by atoms with Gasteiger partial charge in [-0.1, -0.05) is 32.1 Å². The zero-order valence-corrected chi connectivity index (χ0v) is 13.8. The molecule has 0 aliphatic rings. The molecule has 0 aliphatic heterocycles. The van der Waals surface area contributed by atoms with Gasteiger partial charge in [0.25, 0.3) is 5.91 Å². The summed E-state index contributed by atoms with van der Waals surface area (Å²) in [4.78, 5) is 15.4. The standard InChI is InChI=1S/C17H21N5O/c1-17(2,3)12-5-6-14-11(7-12)8-15(19-14)16(23)18-9-13-10-22(4)21-20-13/h5-8,10,19H,9H2,1-4H3,(H,18,23). The Balaban J connectivity index is 1.78. The lowest BCUT2D eigenvalue weighted by Gasteiger charge is -2.18. The quantitative estimate of drug-likeness (QED) is 0.780. The molecular weight excluding hydrogens is 290 g/mol. The van der Waals surface area contributed by atoms with Gasteiger partial charge >= 0.3 is 0 Å². The van der Waals surface area contributed by atoms with E-state index < -0.39 is 0 Å². The van der Waals surface area contributed by atoms with Crippen molar-refractivity contribution in [2.45, 2.75) is 32.7 Å². The zero-order chi connectivity index (χ0) is 16.6. The molecule has 0 aliphatic carbocycles. The largest absolute Gasteiger partial charge is 0.351 e. The molecule has 0 saturated heterocycles. The smallest absolute Gasteiger partial charge is 0.268 e. The molecule has 1 amide bonds. The molecule has 0 atom stereocenters. The minimum absolute atomic E-state index is 0.0832. The monoisotopic (exact) mass is 311 g/mol. The molecule has 1 aromatic carbocycles. The highest BCUT2D eigenvalue weighted by Gasteiger charge is 2.15. The number of aromatic amines is 1. The van der Waals surface area contributed by atoms with Crippen molar-refractivity contribution in [3.63, 3.8) is 0 Å². The number of carbonyl (C=O) groups excluding carboxylic acids is 1. The maximum absolute atomic E-state index is 12.3. The number of aryl methyl sites for hydroxylation is 1. The molecule has 6 nitrogen and oxygen atoms in total. The maximum atomic E-state index is 12.3. The van der Waals surface area contributed by atoms with Gasteiger partial charge in [0.2, 0.25) is 0 Å². The van der Waals surface area contributed by atoms with Crippen molar-refractivity contribution in [3.05, 3.63) is 47.4 Å². The van der Waals surface area contributed by atoms with Crippen molar-refractivity contribution in [2.75, 3.05) is 0 Å². The van der Waals surface area contributed by atoms with E-state index in [4.69, 9.17) is 0 Å². The summed E-state index contributed by atoms with van der Waals surface area (Å²) in [6, 6.07) is 8.14. The average Bonchev–Trinajstić information content (AvgIpc) is 3.08. The first kappa shape index (κ1) is 15.3. The Labute approximate surface area is 134 Å². The van der Waals surface area contributed by atoms with E-state index in [9.17, 15) is 4.79 Å². The molecule has 120 valence electrons. The van der Waals surface area contributed by atoms with E-state index >= 15 is 0 Å². The molecule has 0 radical (unpaired) electrons. The number of benzene rings is 1. The van der Waals surface area contributed by atoms with Crippen molar-refractivity contribution in [3.8, 4) is 0 Å². The molecule has 0 saturated carbocycles. The summed E-state index contributed by atoms with van der Waals surface area (Å²) >= 11 is 0. The first-order valence-electron chi connectivity index (χ1n) is 7.59. The van der Waals surface area contributed by atoms with Gasteiger partial charge in [-0.3, -0.25) is 9.48 Å². The number of carbonyl (C=O) groups is 1. The minimum atomic E-state index is -0.149. The third kappa shape index (κ3) is 3.26. The summed E-state index contributed by atoms with van der Waals surface area (Å²) in [6.07, 6.45) is 1.78. The normalized spacial score (nSPS) is 11.8. The summed E-state index contributed by atoms with van der Waals surface area (Å²) < 4.78 is 1.61. The third-order valence-corrected chi connectivity index (χ3v) is 3.81. The Morgan fingerprint density at radius 3 is 2.74 bits per heavy atom. The Kier molecular flexibility index (Phi) is 3.67. The minimum Gasteiger partial charge on any atom is -0.351 e. The Morgan fingerprint density at radius 1 is 1.30 bits per heavy atom. The number of nitrogens with zero attached hydrogens (tertiary/aromatic N) is 3. The molecule has 0 spiro atoms. The predicted octanol–water partition coefficient (Wildman–Crippen LogP) is 2.52. The van der Waals surface area contributed by atoms with Crippen molar-refractivity contribution in [2.24, 2.45) is 7.05 Å². The molecule has 3 aromatic rings. The average molecular weight is 311 g/mol. The Hall–Kier alpha value is -2.63. The van der Waals surface area contributed by atoms with Crippen LogP contribution in [-0.4, -0.2) is 25.9 Å². The molecule has 0 unspecified atom stereocenters. The number of hydrogen-bond donors (Lipinski definition) is 2. The van der Waals surface area contributed by atoms with E-state index in [0.717, 1.165) is 16.6 Å². The molecule has 2 N–H and O–H groups in total. The number of fused-ring (bicyclic) bond motifs is 1. The van der Waals surface area contributed by atoms with Crippen molar-refractivity contribution < 1.29 is 4.79 Å². The van der Waals surface area contributed by atoms with Gasteiger partial charge in [0.05, 0.1) is 6.54 Å². The van der Waals surface area contributed by atoms with Crippen LogP contribution in [0.3, 0.4) is 0 Å². The van der Waals surface area contributed by atoms with E-state index in [2.05, 4.69) is 53.5 Å². The second-order valence-corrected chi connectivity index (χ2v) is 6.80. The molecule has 0 fully saturated rings. The first-order valence-corrected chi connectivity index (χ1v) is 7.59. The third-order valence-electron chi connectivity index (χ3n) is 3.81. The second kappa shape index (κ2) is 5.53. The lowest BCUT2D eigenvalue weighted by molar-refractivity contribution is 0.0946. The highest BCUT2D eigenvalue weighted by Crippen LogP contribution is 2.26. The van der Waals surface area contributed by atoms with Crippen LogP contribution in [0.4, 0.5) is 0 Å². The molecule has 23 heavy (non-hydrogen) atoms. The van der Waals surface area contributed by atoms with Gasteiger partial charge in [-0.25, -0.2) is 0 Å². The summed E-state index contributed by atoms with van der Waals surface area (Å²) in [6.45, 7) is 6.88. The van der Waals surface area contributed by atoms with E-state index in [1.165, 1.54) is 5.56 Å². The highest BCUT2D eigenvalue weighted by molar-refractivity contribution is 5.98. The van der Waals surface area contributed by atoms with Gasteiger partial charge in [-0.15, -0.1) is 5.10 Å². The topological polar surface area (TPSA) is 75.6 Å². The van der Waals surface area contributed by atoms with Crippen LogP contribution in [0, 0.1) is 0 Å². The fourth-order valence-corrected chi connectivity index (χ4v) is 2.46. The van der Waals surface area contributed by atoms with Crippen molar-refractivity contribution in [1.82, 2.24) is 25.3 Å². The predicted molar refractivity (Wildman–Crippen MR) is 89.2 cm³/mol. The SMILES string of the molecule is Cn1cc(CNC(=O)c2cc3cc(C(C)(C)C)ccc3[nH]2)nn1. The van der Waals surface area contributed by atoms with Crippen LogP contribution in [-0.2, 0) is 19.0 Å². The lowest BCUT2D eigenvalue weighted by Crippen LogP contribution is -2.23. The van der Waals surface area contributed by atoms with Gasteiger partial charge in [0.15, 0.2) is 0 Å². The van der Waals surface area contributed by atoms with Crippen LogP contribution in [0.25, 0.3) is 10.9 Å². The number of hydrogen-bond acceptors (Lipinski definition) is 3. The zero-order valence-electron chi connectivity index (χ0n) is 13.8. The van der Waals surface area contributed by atoms with Gasteiger partial charge in [0, 0.05) is 24.1 Å². The molecule has 2 aromatic heterocycles. The number of rotatable bonds is 3. The molecular formula is C17H21N5O. The van der Waals surface area contributed by atoms with Crippen LogP contribution in [0.15, 0.2) is 30.5 Å². The maximum Gasteiger partial charge on any atom is 0.268 e. The summed E-state index contributed by atoms with van der Waals surface area (Å²) in [5.41, 5.74) is 3.57. The molecule has 6 heteroatoms. The molecule has 2 heterocycles. The summed E-state index contributed by atoms with van der Waals surface area (Å²) in [7, 11) is 1.79. The van der Waals surface area contributed by atoms with Gasteiger partial charge in [-0.05, 0) is 29.2 Å². The Morgan fingerprint density at radius 2 is 2.09 bits per heavy atom. The van der Waals surface area contributed by atoms with Crippen LogP contribution in [0.1, 0.15) is 42.5 Å². The van der Waals surface area contributed by atoms with E-state index in [1.807, 2.05) is 12.1 Å². The number of H-pyrrole nitrogens is 1. The van der Waals surface area contributed by atoms with E-state index in [0.29, 0.717) is 12.2 Å². The van der Waals surface area contributed by atoms with Crippen LogP contribution in [0.2, 0.25) is 0 Å². The second-order valence-electron chi connectivity index (χ2n) is 6.80. The highest BCUT2D eigenvalue weighted by atomic mass is 16.1. The van der Waals surface area contributed by atoms with E-state index in [-0.39, 0.29) is 11.3 Å². The van der Waals surface area contributed by atoms with Crippen LogP contribution >= 0.6 is 0 Å². The van der Waals surface area contributed by atoms with Crippen molar-refractivity contribution >= 4 is 16.8 Å². The number of aromatic nitrogens is 4. The first-order chi connectivity index (χ1) is 10.8. The van der Waals surface area contributed by atoms with Crippen LogP contribution < -0.4 is 5.32 Å². The Bertz CT molecular complexity index is 853. The van der Waals surface area contributed by atoms with Gasteiger partial charge < -0.3 is 10.3 Å². The molecule has 3 rings (SSSR count). The van der Waals surface area contributed by atoms with Gasteiger partial charge in [-0.2, -0.15) is 0 Å². The van der Waals surface area contributed by atoms with Gasteiger partial charge in [0.1, 0.15) is 11.4 Å². The fraction of sp³-hybridized carbons (Fsp3) is 0.353. The van der Waals surface area contributed by atoms with E-state index in [1.54, 1.807) is 17.9 Å². The number of amides is 1. The van der Waals surface area contributed by atoms with Crippen LogP contribution in [0.5, 0.6) is 0 Å². The lowest BCUT2D eigenvalue weighted by atomic mass is 9.86. The number of nitrogens with one attached hydrogen (secondary N) is 2. The summed E-state index contributed by atoms with van der Waals surface area (Å²) in [5.74, 6) is -0.149. The molecule has 0 bridgehead atoms. The fourth-order valence-electron chi connectivity index (χ4n) is 2.46.